The summed E-state index contributed by atoms with van der Waals surface area (Å²) in [7, 11) is 1.64. The second-order valence-corrected chi connectivity index (χ2v) is 4.23. The van der Waals surface area contributed by atoms with E-state index in [0.717, 1.165) is 5.75 Å². The highest BCUT2D eigenvalue weighted by Gasteiger charge is 2.07. The molecule has 1 rings (SSSR count). The highest BCUT2D eigenvalue weighted by molar-refractivity contribution is 5.41. The fourth-order valence-corrected chi connectivity index (χ4v) is 1.61. The van der Waals surface area contributed by atoms with Crippen molar-refractivity contribution in [3.63, 3.8) is 0 Å². The van der Waals surface area contributed by atoms with E-state index in [1.807, 2.05) is 6.07 Å². The third-order valence-electron chi connectivity index (χ3n) is 2.60. The van der Waals surface area contributed by atoms with Gasteiger partial charge in [0.25, 0.3) is 0 Å². The van der Waals surface area contributed by atoms with E-state index in [1.54, 1.807) is 7.11 Å². The molecule has 16 heavy (non-hydrogen) atoms. The molecule has 0 spiro atoms. The van der Waals surface area contributed by atoms with Crippen LogP contribution in [0.1, 0.15) is 16.7 Å². The molecule has 0 amide bonds. The summed E-state index contributed by atoms with van der Waals surface area (Å²) in [4.78, 5) is 0. The third kappa shape index (κ3) is 3.51. The number of rotatable bonds is 5. The van der Waals surface area contributed by atoms with Crippen molar-refractivity contribution >= 4 is 0 Å². The van der Waals surface area contributed by atoms with Gasteiger partial charge in [-0.15, -0.1) is 0 Å². The van der Waals surface area contributed by atoms with Gasteiger partial charge in [0.05, 0.1) is 12.6 Å². The van der Waals surface area contributed by atoms with Gasteiger partial charge in [0.1, 0.15) is 12.4 Å². The molecule has 0 saturated carbocycles. The van der Waals surface area contributed by atoms with Gasteiger partial charge in [-0.1, -0.05) is 6.07 Å². The minimum atomic E-state index is -0.0785. The summed E-state index contributed by atoms with van der Waals surface area (Å²) in [5.41, 5.74) is 9.44. The first-order valence-electron chi connectivity index (χ1n) is 5.49. The van der Waals surface area contributed by atoms with Gasteiger partial charge in [-0.05, 0) is 43.5 Å². The van der Waals surface area contributed by atoms with E-state index in [4.69, 9.17) is 15.2 Å². The first-order chi connectivity index (χ1) is 7.54. The van der Waals surface area contributed by atoms with Gasteiger partial charge in [0.15, 0.2) is 0 Å². The minimum Gasteiger partial charge on any atom is -0.492 e. The second kappa shape index (κ2) is 5.87. The molecular weight excluding hydrogens is 202 g/mol. The van der Waals surface area contributed by atoms with E-state index in [-0.39, 0.29) is 6.04 Å². The Kier molecular flexibility index (Phi) is 4.77. The molecule has 0 heterocycles. The summed E-state index contributed by atoms with van der Waals surface area (Å²) in [6, 6.07) is 4.12. The average Bonchev–Trinajstić information content (AvgIpc) is 2.21. The second-order valence-electron chi connectivity index (χ2n) is 4.23. The van der Waals surface area contributed by atoms with Crippen LogP contribution in [-0.2, 0) is 4.74 Å². The van der Waals surface area contributed by atoms with E-state index in [2.05, 4.69) is 26.8 Å². The van der Waals surface area contributed by atoms with Crippen LogP contribution in [0.2, 0.25) is 0 Å². The average molecular weight is 223 g/mol. The topological polar surface area (TPSA) is 44.5 Å². The highest BCUT2D eigenvalue weighted by Crippen LogP contribution is 2.23. The number of hydrogen-bond donors (Lipinski definition) is 1. The Morgan fingerprint density at radius 3 is 2.50 bits per heavy atom. The van der Waals surface area contributed by atoms with Crippen LogP contribution < -0.4 is 10.5 Å². The van der Waals surface area contributed by atoms with Crippen LogP contribution in [0.4, 0.5) is 0 Å². The highest BCUT2D eigenvalue weighted by atomic mass is 16.5. The summed E-state index contributed by atoms with van der Waals surface area (Å²) in [6.07, 6.45) is 0. The molecule has 2 N–H and O–H groups in total. The van der Waals surface area contributed by atoms with Gasteiger partial charge in [-0.2, -0.15) is 0 Å². The molecule has 0 fully saturated rings. The van der Waals surface area contributed by atoms with Crippen LogP contribution in [-0.4, -0.2) is 26.4 Å². The fraction of sp³-hybridized carbons (Fsp3) is 0.538. The van der Waals surface area contributed by atoms with Gasteiger partial charge in [0.2, 0.25) is 0 Å². The summed E-state index contributed by atoms with van der Waals surface area (Å²) in [5.74, 6) is 0.920. The lowest BCUT2D eigenvalue weighted by Gasteiger charge is -2.15. The van der Waals surface area contributed by atoms with Gasteiger partial charge in [-0.3, -0.25) is 0 Å². The van der Waals surface area contributed by atoms with E-state index in [0.29, 0.717) is 13.2 Å². The maximum Gasteiger partial charge on any atom is 0.122 e. The van der Waals surface area contributed by atoms with Crippen molar-refractivity contribution in [3.8, 4) is 5.75 Å². The van der Waals surface area contributed by atoms with Crippen molar-refractivity contribution in [2.45, 2.75) is 26.8 Å². The maximum absolute atomic E-state index is 5.81. The van der Waals surface area contributed by atoms with Crippen molar-refractivity contribution in [1.29, 1.82) is 0 Å². The molecule has 0 bridgehead atoms. The predicted molar refractivity (Wildman–Crippen MR) is 66.0 cm³/mol. The lowest BCUT2D eigenvalue weighted by molar-refractivity contribution is 0.152. The van der Waals surface area contributed by atoms with Crippen LogP contribution in [0.5, 0.6) is 5.75 Å². The van der Waals surface area contributed by atoms with Crippen molar-refractivity contribution in [2.75, 3.05) is 20.3 Å². The first-order valence-corrected chi connectivity index (χ1v) is 5.49. The van der Waals surface area contributed by atoms with Crippen molar-refractivity contribution in [3.05, 3.63) is 28.8 Å². The Labute approximate surface area is 97.6 Å². The van der Waals surface area contributed by atoms with E-state index >= 15 is 0 Å². The molecule has 3 heteroatoms. The lowest BCUT2D eigenvalue weighted by atomic mass is 10.1. The molecule has 0 aliphatic heterocycles. The van der Waals surface area contributed by atoms with Crippen LogP contribution in [0.3, 0.4) is 0 Å². The number of hydrogen-bond acceptors (Lipinski definition) is 3. The molecule has 1 atom stereocenters. The van der Waals surface area contributed by atoms with Gasteiger partial charge >= 0.3 is 0 Å². The number of methoxy groups -OCH3 is 1. The van der Waals surface area contributed by atoms with Crippen LogP contribution >= 0.6 is 0 Å². The van der Waals surface area contributed by atoms with Crippen molar-refractivity contribution in [1.82, 2.24) is 0 Å². The molecule has 3 nitrogen and oxygen atoms in total. The lowest BCUT2D eigenvalue weighted by Crippen LogP contribution is -2.32. The summed E-state index contributed by atoms with van der Waals surface area (Å²) < 4.78 is 10.7. The minimum absolute atomic E-state index is 0.0785. The van der Waals surface area contributed by atoms with Crippen molar-refractivity contribution < 1.29 is 9.47 Å². The Morgan fingerprint density at radius 2 is 1.88 bits per heavy atom. The smallest absolute Gasteiger partial charge is 0.122 e. The van der Waals surface area contributed by atoms with Gasteiger partial charge in [0, 0.05) is 7.11 Å². The Balaban J connectivity index is 2.66. The van der Waals surface area contributed by atoms with E-state index in [1.165, 1.54) is 16.7 Å². The molecule has 0 aliphatic rings. The summed E-state index contributed by atoms with van der Waals surface area (Å²) in [6.45, 7) is 7.21. The molecule has 0 radical (unpaired) electrons. The molecule has 0 saturated heterocycles. The first kappa shape index (κ1) is 13.0. The molecule has 1 unspecified atom stereocenters. The van der Waals surface area contributed by atoms with Gasteiger partial charge < -0.3 is 15.2 Å². The quantitative estimate of drug-likeness (QED) is 0.830. The van der Waals surface area contributed by atoms with Gasteiger partial charge in [-0.25, -0.2) is 0 Å². The SMILES string of the molecule is COCC(N)COc1cc(C)cc(C)c1C. The maximum atomic E-state index is 5.81. The molecule has 90 valence electrons. The zero-order chi connectivity index (χ0) is 12.1. The van der Waals surface area contributed by atoms with E-state index < -0.39 is 0 Å². The number of ether oxygens (including phenoxy) is 2. The summed E-state index contributed by atoms with van der Waals surface area (Å²) in [5, 5.41) is 0. The zero-order valence-corrected chi connectivity index (χ0v) is 10.5. The third-order valence-corrected chi connectivity index (χ3v) is 2.60. The monoisotopic (exact) mass is 223 g/mol. The standard InChI is InChI=1S/C13H21NO2/c1-9-5-10(2)11(3)13(6-9)16-8-12(14)7-15-4/h5-6,12H,7-8,14H2,1-4H3. The normalized spacial score (nSPS) is 12.6. The predicted octanol–water partition coefficient (Wildman–Crippen LogP) is 1.96. The number of nitrogens with two attached hydrogens (primary N) is 1. The zero-order valence-electron chi connectivity index (χ0n) is 10.5. The van der Waals surface area contributed by atoms with Crippen LogP contribution in [0, 0.1) is 20.8 Å². The fourth-order valence-electron chi connectivity index (χ4n) is 1.61. The Bertz CT molecular complexity index is 350. The Morgan fingerprint density at radius 1 is 1.19 bits per heavy atom. The molecule has 1 aromatic carbocycles. The molecule has 0 aromatic heterocycles. The molecule has 1 aromatic rings. The largest absolute Gasteiger partial charge is 0.492 e. The summed E-state index contributed by atoms with van der Waals surface area (Å²) >= 11 is 0. The van der Waals surface area contributed by atoms with Crippen molar-refractivity contribution in [2.24, 2.45) is 5.73 Å². The molecular formula is C13H21NO2. The Hall–Kier alpha value is -1.06. The van der Waals surface area contributed by atoms with Crippen LogP contribution in [0.25, 0.3) is 0 Å². The number of aryl methyl sites for hydroxylation is 2. The molecule has 0 aliphatic carbocycles. The van der Waals surface area contributed by atoms with Crippen LogP contribution in [0.15, 0.2) is 12.1 Å². The number of benzene rings is 1. The van der Waals surface area contributed by atoms with E-state index in [9.17, 15) is 0 Å².